The molecule has 1 aromatic carbocycles. The molecule has 1 atom stereocenters. The summed E-state index contributed by atoms with van der Waals surface area (Å²) in [5.74, 6) is 1.92. The van der Waals surface area contributed by atoms with Crippen LogP contribution >= 0.6 is 35.6 Å². The molecule has 2 aromatic rings. The van der Waals surface area contributed by atoms with E-state index in [-0.39, 0.29) is 24.0 Å². The first kappa shape index (κ1) is 22.9. The zero-order valence-electron chi connectivity index (χ0n) is 17.4. The van der Waals surface area contributed by atoms with Gasteiger partial charge in [0, 0.05) is 62.7 Å². The number of hydrogen-bond donors (Lipinski definition) is 2. The molecule has 3 heterocycles. The summed E-state index contributed by atoms with van der Waals surface area (Å²) in [6.07, 6.45) is 5.49. The van der Waals surface area contributed by atoms with Crippen molar-refractivity contribution < 1.29 is 0 Å². The zero-order valence-corrected chi connectivity index (χ0v) is 20.4. The lowest BCUT2D eigenvalue weighted by molar-refractivity contribution is 0.648. The Labute approximate surface area is 201 Å². The lowest BCUT2D eigenvalue weighted by Crippen LogP contribution is -2.44. The quantitative estimate of drug-likeness (QED) is 0.342. The molecular formula is C22H30ClIN6. The van der Waals surface area contributed by atoms with Crippen molar-refractivity contribution >= 4 is 53.0 Å². The summed E-state index contributed by atoms with van der Waals surface area (Å²) in [5.41, 5.74) is 2.40. The monoisotopic (exact) mass is 540 g/mol. The average molecular weight is 541 g/mol. The summed E-state index contributed by atoms with van der Waals surface area (Å²) < 4.78 is 0. The smallest absolute Gasteiger partial charge is 0.191 e. The SMILES string of the molecule is CN=C(NCc1ccnc(N2CCCC2)c1)NC1CCN(c2cccc(Cl)c2)C1.I. The molecule has 0 amide bonds. The Hall–Kier alpha value is -1.74. The Kier molecular flexibility index (Phi) is 8.44. The number of aromatic nitrogens is 1. The predicted molar refractivity (Wildman–Crippen MR) is 137 cm³/mol. The highest BCUT2D eigenvalue weighted by Crippen LogP contribution is 2.23. The van der Waals surface area contributed by atoms with Crippen LogP contribution in [0.15, 0.2) is 47.6 Å². The Morgan fingerprint density at radius 2 is 2.00 bits per heavy atom. The van der Waals surface area contributed by atoms with E-state index in [1.54, 1.807) is 0 Å². The van der Waals surface area contributed by atoms with Gasteiger partial charge in [-0.1, -0.05) is 17.7 Å². The van der Waals surface area contributed by atoms with E-state index in [1.807, 2.05) is 31.4 Å². The fourth-order valence-electron chi connectivity index (χ4n) is 4.05. The summed E-state index contributed by atoms with van der Waals surface area (Å²) in [5, 5.41) is 7.78. The lowest BCUT2D eigenvalue weighted by Gasteiger charge is -2.21. The van der Waals surface area contributed by atoms with Crippen LogP contribution in [0.3, 0.4) is 0 Å². The van der Waals surface area contributed by atoms with Gasteiger partial charge in [-0.25, -0.2) is 4.98 Å². The standard InChI is InChI=1S/C22H29ClN6.HI/c1-24-22(26-15-17-7-9-25-21(13-17)28-10-2-3-11-28)27-19-8-12-29(16-19)20-6-4-5-18(23)14-20;/h4-7,9,13-14,19H,2-3,8,10-12,15-16H2,1H3,(H2,24,26,27);1H. The first-order chi connectivity index (χ1) is 14.2. The minimum Gasteiger partial charge on any atom is -0.369 e. The Balaban J connectivity index is 0.00000256. The van der Waals surface area contributed by atoms with E-state index in [4.69, 9.17) is 11.6 Å². The summed E-state index contributed by atoms with van der Waals surface area (Å²) in [6.45, 7) is 4.90. The Bertz CT molecular complexity index is 855. The van der Waals surface area contributed by atoms with Gasteiger partial charge in [-0.2, -0.15) is 0 Å². The van der Waals surface area contributed by atoms with E-state index in [0.29, 0.717) is 6.04 Å². The summed E-state index contributed by atoms with van der Waals surface area (Å²) in [4.78, 5) is 13.7. The van der Waals surface area contributed by atoms with Crippen LogP contribution in [0.5, 0.6) is 0 Å². The van der Waals surface area contributed by atoms with Crippen molar-refractivity contribution in [3.8, 4) is 0 Å². The predicted octanol–water partition coefficient (Wildman–Crippen LogP) is 3.90. The van der Waals surface area contributed by atoms with Gasteiger partial charge in [0.1, 0.15) is 5.82 Å². The topological polar surface area (TPSA) is 55.8 Å². The molecule has 0 bridgehead atoms. The minimum atomic E-state index is 0. The van der Waals surface area contributed by atoms with Gasteiger partial charge in [0.05, 0.1) is 0 Å². The number of hydrogen-bond acceptors (Lipinski definition) is 4. The largest absolute Gasteiger partial charge is 0.369 e. The Morgan fingerprint density at radius 3 is 2.77 bits per heavy atom. The molecule has 30 heavy (non-hydrogen) atoms. The highest BCUT2D eigenvalue weighted by molar-refractivity contribution is 14.0. The van der Waals surface area contributed by atoms with E-state index in [9.17, 15) is 0 Å². The maximum Gasteiger partial charge on any atom is 0.191 e. The third-order valence-electron chi connectivity index (χ3n) is 5.63. The number of nitrogens with one attached hydrogen (secondary N) is 2. The fourth-order valence-corrected chi connectivity index (χ4v) is 4.23. The summed E-state index contributed by atoms with van der Waals surface area (Å²) in [6, 6.07) is 12.7. The summed E-state index contributed by atoms with van der Waals surface area (Å²) >= 11 is 6.14. The van der Waals surface area contributed by atoms with Crippen molar-refractivity contribution in [1.82, 2.24) is 15.6 Å². The maximum absolute atomic E-state index is 6.14. The molecule has 4 rings (SSSR count). The molecular weight excluding hydrogens is 511 g/mol. The Morgan fingerprint density at radius 1 is 1.17 bits per heavy atom. The molecule has 2 aliphatic heterocycles. The van der Waals surface area contributed by atoms with Crippen LogP contribution in [0.4, 0.5) is 11.5 Å². The third kappa shape index (κ3) is 5.91. The van der Waals surface area contributed by atoms with E-state index in [1.165, 1.54) is 24.1 Å². The molecule has 2 N–H and O–H groups in total. The van der Waals surface area contributed by atoms with Crippen molar-refractivity contribution in [2.75, 3.05) is 43.0 Å². The van der Waals surface area contributed by atoms with Crippen molar-refractivity contribution in [3.63, 3.8) is 0 Å². The molecule has 0 aliphatic carbocycles. The van der Waals surface area contributed by atoms with Crippen LogP contribution in [-0.4, -0.2) is 50.2 Å². The molecule has 1 aromatic heterocycles. The van der Waals surface area contributed by atoms with E-state index < -0.39 is 0 Å². The number of benzene rings is 1. The molecule has 0 saturated carbocycles. The van der Waals surface area contributed by atoms with Crippen LogP contribution < -0.4 is 20.4 Å². The van der Waals surface area contributed by atoms with E-state index in [0.717, 1.165) is 55.9 Å². The van der Waals surface area contributed by atoms with Crippen molar-refractivity contribution in [1.29, 1.82) is 0 Å². The first-order valence-corrected chi connectivity index (χ1v) is 10.8. The molecule has 2 fully saturated rings. The molecule has 6 nitrogen and oxygen atoms in total. The highest BCUT2D eigenvalue weighted by Gasteiger charge is 2.23. The number of aliphatic imine (C=N–C) groups is 1. The number of guanidine groups is 1. The van der Waals surface area contributed by atoms with Crippen LogP contribution in [-0.2, 0) is 6.54 Å². The van der Waals surface area contributed by atoms with Gasteiger partial charge < -0.3 is 20.4 Å². The molecule has 0 spiro atoms. The van der Waals surface area contributed by atoms with Crippen molar-refractivity contribution in [2.24, 2.45) is 4.99 Å². The second-order valence-corrected chi connectivity index (χ2v) is 8.13. The zero-order chi connectivity index (χ0) is 20.1. The van der Waals surface area contributed by atoms with Gasteiger partial charge in [0.15, 0.2) is 5.96 Å². The molecule has 8 heteroatoms. The normalized spacial score (nSPS) is 19.0. The molecule has 2 saturated heterocycles. The minimum absolute atomic E-state index is 0. The average Bonchev–Trinajstić information content (AvgIpc) is 3.44. The molecule has 1 unspecified atom stereocenters. The third-order valence-corrected chi connectivity index (χ3v) is 5.86. The van der Waals surface area contributed by atoms with Crippen molar-refractivity contribution in [2.45, 2.75) is 31.8 Å². The fraction of sp³-hybridized carbons (Fsp3) is 0.455. The number of halogens is 2. The van der Waals surface area contributed by atoms with E-state index in [2.05, 4.69) is 48.6 Å². The second kappa shape index (κ2) is 11.0. The van der Waals surface area contributed by atoms with Crippen LogP contribution in [0, 0.1) is 0 Å². The van der Waals surface area contributed by atoms with Gasteiger partial charge in [0.25, 0.3) is 0 Å². The van der Waals surface area contributed by atoms with Gasteiger partial charge in [-0.05, 0) is 55.2 Å². The lowest BCUT2D eigenvalue weighted by atomic mass is 10.2. The van der Waals surface area contributed by atoms with Gasteiger partial charge in [-0.3, -0.25) is 4.99 Å². The van der Waals surface area contributed by atoms with Gasteiger partial charge in [-0.15, -0.1) is 24.0 Å². The maximum atomic E-state index is 6.14. The van der Waals surface area contributed by atoms with Crippen molar-refractivity contribution in [3.05, 3.63) is 53.2 Å². The second-order valence-electron chi connectivity index (χ2n) is 7.70. The summed E-state index contributed by atoms with van der Waals surface area (Å²) in [7, 11) is 1.82. The van der Waals surface area contributed by atoms with Crippen LogP contribution in [0.25, 0.3) is 0 Å². The van der Waals surface area contributed by atoms with Crippen LogP contribution in [0.1, 0.15) is 24.8 Å². The van der Waals surface area contributed by atoms with Crippen LogP contribution in [0.2, 0.25) is 5.02 Å². The number of anilines is 2. The molecule has 2 aliphatic rings. The molecule has 162 valence electrons. The number of nitrogens with zero attached hydrogens (tertiary/aromatic N) is 4. The molecule has 0 radical (unpaired) electrons. The first-order valence-electron chi connectivity index (χ1n) is 10.4. The number of rotatable bonds is 5. The highest BCUT2D eigenvalue weighted by atomic mass is 127. The van der Waals surface area contributed by atoms with Gasteiger partial charge in [0.2, 0.25) is 0 Å². The number of pyridine rings is 1. The van der Waals surface area contributed by atoms with Gasteiger partial charge >= 0.3 is 0 Å². The van der Waals surface area contributed by atoms with E-state index >= 15 is 0 Å².